The molecule has 0 spiro atoms. The highest BCUT2D eigenvalue weighted by Gasteiger charge is 2.10. The third-order valence-corrected chi connectivity index (χ3v) is 3.12. The first-order valence-electron chi connectivity index (χ1n) is 7.13. The molecule has 1 aromatic heterocycles. The van der Waals surface area contributed by atoms with E-state index in [0.29, 0.717) is 6.04 Å². The summed E-state index contributed by atoms with van der Waals surface area (Å²) in [6.45, 7) is 12.3. The van der Waals surface area contributed by atoms with E-state index >= 15 is 0 Å². The number of nitrogens with one attached hydrogen (secondary N) is 1. The van der Waals surface area contributed by atoms with Crippen LogP contribution in [0.5, 0.6) is 0 Å². The topological polar surface area (TPSA) is 28.2 Å². The molecule has 0 aliphatic carbocycles. The minimum absolute atomic E-state index is 0.362. The minimum atomic E-state index is 0.362. The number of nitrogens with zero attached hydrogens (tertiary/aromatic N) is 2. The first kappa shape index (κ1) is 15.7. The van der Waals surface area contributed by atoms with Gasteiger partial charge in [-0.3, -0.25) is 4.98 Å². The standard InChI is InChI=1S/C16H27N3/c1-6-10-17-15(7-2)16-9-8-14(11-18-16)19(5)12-13(3)4/h8-9,11,15,17H,3,6-7,10,12H2,1-2,4-5H3. The highest BCUT2D eigenvalue weighted by molar-refractivity contribution is 5.45. The minimum Gasteiger partial charge on any atom is -0.369 e. The van der Waals surface area contributed by atoms with E-state index < -0.39 is 0 Å². The Bertz CT molecular complexity index is 383. The average Bonchev–Trinajstić information content (AvgIpc) is 2.39. The number of hydrogen-bond acceptors (Lipinski definition) is 3. The molecule has 0 saturated heterocycles. The van der Waals surface area contributed by atoms with Gasteiger partial charge in [-0.15, -0.1) is 0 Å². The highest BCUT2D eigenvalue weighted by Crippen LogP contribution is 2.18. The van der Waals surface area contributed by atoms with Crippen LogP contribution in [-0.4, -0.2) is 25.1 Å². The van der Waals surface area contributed by atoms with Crippen molar-refractivity contribution < 1.29 is 0 Å². The van der Waals surface area contributed by atoms with Gasteiger partial charge in [0.25, 0.3) is 0 Å². The van der Waals surface area contributed by atoms with Crippen LogP contribution in [0, 0.1) is 0 Å². The van der Waals surface area contributed by atoms with Crippen molar-refractivity contribution in [1.82, 2.24) is 10.3 Å². The zero-order chi connectivity index (χ0) is 14.3. The van der Waals surface area contributed by atoms with Crippen molar-refractivity contribution in [1.29, 1.82) is 0 Å². The zero-order valence-corrected chi connectivity index (χ0v) is 12.7. The van der Waals surface area contributed by atoms with E-state index in [1.54, 1.807) is 0 Å². The summed E-state index contributed by atoms with van der Waals surface area (Å²) in [7, 11) is 2.07. The molecule has 0 radical (unpaired) electrons. The lowest BCUT2D eigenvalue weighted by atomic mass is 10.1. The molecule has 0 amide bonds. The molecule has 0 aromatic carbocycles. The van der Waals surface area contributed by atoms with Crippen LogP contribution >= 0.6 is 0 Å². The van der Waals surface area contributed by atoms with Gasteiger partial charge in [0.1, 0.15) is 0 Å². The molecule has 3 nitrogen and oxygen atoms in total. The van der Waals surface area contributed by atoms with Gasteiger partial charge in [-0.05, 0) is 38.4 Å². The largest absolute Gasteiger partial charge is 0.369 e. The number of anilines is 1. The molecule has 1 heterocycles. The van der Waals surface area contributed by atoms with Crippen LogP contribution < -0.4 is 10.2 Å². The first-order valence-corrected chi connectivity index (χ1v) is 7.13. The van der Waals surface area contributed by atoms with Gasteiger partial charge in [0.2, 0.25) is 0 Å². The van der Waals surface area contributed by atoms with E-state index in [4.69, 9.17) is 0 Å². The Morgan fingerprint density at radius 2 is 2.16 bits per heavy atom. The predicted molar refractivity (Wildman–Crippen MR) is 83.6 cm³/mol. The molecule has 0 aliphatic heterocycles. The Kier molecular flexibility index (Phi) is 6.57. The molecular weight excluding hydrogens is 234 g/mol. The fraction of sp³-hybridized carbons (Fsp3) is 0.562. The predicted octanol–water partition coefficient (Wildman–Crippen LogP) is 3.54. The van der Waals surface area contributed by atoms with E-state index in [1.807, 2.05) is 13.1 Å². The van der Waals surface area contributed by atoms with Crippen molar-refractivity contribution in [3.63, 3.8) is 0 Å². The second-order valence-electron chi connectivity index (χ2n) is 5.17. The molecule has 106 valence electrons. The maximum atomic E-state index is 4.60. The number of pyridine rings is 1. The van der Waals surface area contributed by atoms with Gasteiger partial charge in [-0.2, -0.15) is 0 Å². The maximum absolute atomic E-state index is 4.60. The van der Waals surface area contributed by atoms with Crippen LogP contribution in [0.3, 0.4) is 0 Å². The Morgan fingerprint density at radius 1 is 1.42 bits per heavy atom. The first-order chi connectivity index (χ1) is 9.08. The van der Waals surface area contributed by atoms with Crippen molar-refractivity contribution >= 4 is 5.69 Å². The van der Waals surface area contributed by atoms with E-state index in [9.17, 15) is 0 Å². The van der Waals surface area contributed by atoms with Crippen LogP contribution in [0.1, 0.15) is 45.3 Å². The SMILES string of the molecule is C=C(C)CN(C)c1ccc(C(CC)NCCC)nc1. The molecule has 1 N–H and O–H groups in total. The molecule has 19 heavy (non-hydrogen) atoms. The molecular formula is C16H27N3. The third kappa shape index (κ3) is 5.03. The second kappa shape index (κ2) is 7.95. The zero-order valence-electron chi connectivity index (χ0n) is 12.7. The lowest BCUT2D eigenvalue weighted by Crippen LogP contribution is -2.23. The summed E-state index contributed by atoms with van der Waals surface area (Å²) < 4.78 is 0. The number of rotatable bonds is 8. The molecule has 1 unspecified atom stereocenters. The van der Waals surface area contributed by atoms with Gasteiger partial charge in [0, 0.05) is 19.6 Å². The smallest absolute Gasteiger partial charge is 0.0574 e. The summed E-state index contributed by atoms with van der Waals surface area (Å²) in [6.07, 6.45) is 4.17. The van der Waals surface area contributed by atoms with Crippen molar-refractivity contribution in [2.24, 2.45) is 0 Å². The summed E-state index contributed by atoms with van der Waals surface area (Å²) in [5.41, 5.74) is 3.42. The molecule has 0 saturated carbocycles. The van der Waals surface area contributed by atoms with Crippen LogP contribution in [0.25, 0.3) is 0 Å². The molecule has 0 bridgehead atoms. The van der Waals surface area contributed by atoms with Crippen molar-refractivity contribution in [2.75, 3.05) is 25.0 Å². The summed E-state index contributed by atoms with van der Waals surface area (Å²) in [5, 5.41) is 3.53. The summed E-state index contributed by atoms with van der Waals surface area (Å²) in [5.74, 6) is 0. The molecule has 1 aromatic rings. The summed E-state index contributed by atoms with van der Waals surface area (Å²) in [4.78, 5) is 6.76. The maximum Gasteiger partial charge on any atom is 0.0574 e. The van der Waals surface area contributed by atoms with E-state index in [2.05, 4.69) is 54.8 Å². The fourth-order valence-electron chi connectivity index (χ4n) is 2.10. The molecule has 0 aliphatic rings. The lowest BCUT2D eigenvalue weighted by Gasteiger charge is -2.21. The van der Waals surface area contributed by atoms with Crippen LogP contribution in [0.4, 0.5) is 5.69 Å². The van der Waals surface area contributed by atoms with Crippen LogP contribution in [-0.2, 0) is 0 Å². The number of hydrogen-bond donors (Lipinski definition) is 1. The van der Waals surface area contributed by atoms with Crippen LogP contribution in [0.2, 0.25) is 0 Å². The highest BCUT2D eigenvalue weighted by atomic mass is 15.1. The number of aromatic nitrogens is 1. The van der Waals surface area contributed by atoms with E-state index in [0.717, 1.165) is 42.9 Å². The fourth-order valence-corrected chi connectivity index (χ4v) is 2.10. The van der Waals surface area contributed by atoms with Gasteiger partial charge in [-0.1, -0.05) is 26.0 Å². The van der Waals surface area contributed by atoms with E-state index in [-0.39, 0.29) is 0 Å². The Hall–Kier alpha value is -1.35. The normalized spacial score (nSPS) is 12.2. The van der Waals surface area contributed by atoms with Gasteiger partial charge >= 0.3 is 0 Å². The second-order valence-corrected chi connectivity index (χ2v) is 5.17. The van der Waals surface area contributed by atoms with Gasteiger partial charge in [-0.25, -0.2) is 0 Å². The molecule has 3 heteroatoms. The Labute approximate surface area is 117 Å². The Morgan fingerprint density at radius 3 is 2.63 bits per heavy atom. The van der Waals surface area contributed by atoms with Crippen molar-refractivity contribution in [2.45, 2.75) is 39.7 Å². The quantitative estimate of drug-likeness (QED) is 0.725. The average molecular weight is 261 g/mol. The van der Waals surface area contributed by atoms with Crippen LogP contribution in [0.15, 0.2) is 30.5 Å². The molecule has 0 fully saturated rings. The van der Waals surface area contributed by atoms with Gasteiger partial charge in [0.05, 0.1) is 17.6 Å². The van der Waals surface area contributed by atoms with E-state index in [1.165, 1.54) is 0 Å². The van der Waals surface area contributed by atoms with Gasteiger partial charge < -0.3 is 10.2 Å². The summed E-state index contributed by atoms with van der Waals surface area (Å²) in [6, 6.07) is 4.63. The third-order valence-electron chi connectivity index (χ3n) is 3.12. The summed E-state index contributed by atoms with van der Waals surface area (Å²) >= 11 is 0. The Balaban J connectivity index is 2.71. The number of likely N-dealkylation sites (N-methyl/N-ethyl adjacent to an activating group) is 1. The lowest BCUT2D eigenvalue weighted by molar-refractivity contribution is 0.507. The van der Waals surface area contributed by atoms with Gasteiger partial charge in [0.15, 0.2) is 0 Å². The molecule has 1 rings (SSSR count). The van der Waals surface area contributed by atoms with Crippen molar-refractivity contribution in [3.8, 4) is 0 Å². The molecule has 1 atom stereocenters. The van der Waals surface area contributed by atoms with Crippen molar-refractivity contribution in [3.05, 3.63) is 36.2 Å². The monoisotopic (exact) mass is 261 g/mol.